The lowest BCUT2D eigenvalue weighted by Crippen LogP contribution is -2.35. The third kappa shape index (κ3) is 4.92. The molecule has 1 aromatic rings. The second kappa shape index (κ2) is 7.69. The molecule has 0 aromatic heterocycles. The average Bonchev–Trinajstić information content (AvgIpc) is 2.52. The summed E-state index contributed by atoms with van der Waals surface area (Å²) in [6, 6.07) is 8.13. The van der Waals surface area contributed by atoms with Crippen LogP contribution >= 0.6 is 0 Å². The summed E-state index contributed by atoms with van der Waals surface area (Å²) >= 11 is 0. The summed E-state index contributed by atoms with van der Waals surface area (Å²) in [5.41, 5.74) is 1.14. The molecule has 1 aliphatic carbocycles. The van der Waals surface area contributed by atoms with Crippen LogP contribution in [-0.2, 0) is 0 Å². The van der Waals surface area contributed by atoms with Crippen molar-refractivity contribution in [2.45, 2.75) is 46.0 Å². The first-order valence-corrected chi connectivity index (χ1v) is 8.21. The van der Waals surface area contributed by atoms with Crippen LogP contribution in [0, 0.1) is 11.3 Å². The van der Waals surface area contributed by atoms with E-state index in [1.165, 1.54) is 19.3 Å². The predicted octanol–water partition coefficient (Wildman–Crippen LogP) is 4.08. The van der Waals surface area contributed by atoms with Gasteiger partial charge in [0.2, 0.25) is 0 Å². The molecule has 0 unspecified atom stereocenters. The van der Waals surface area contributed by atoms with Crippen molar-refractivity contribution in [1.82, 2.24) is 0 Å². The fraction of sp³-hybridized carbons (Fsp3) is 0.667. The Kier molecular flexibility index (Phi) is 5.92. The Balaban J connectivity index is 1.91. The molecule has 1 aliphatic rings. The van der Waals surface area contributed by atoms with Crippen molar-refractivity contribution in [3.05, 3.63) is 24.3 Å². The first-order chi connectivity index (χ1) is 10.1. The number of nitrogens with one attached hydrogen (secondary N) is 1. The van der Waals surface area contributed by atoms with E-state index in [2.05, 4.69) is 31.3 Å². The van der Waals surface area contributed by atoms with E-state index < -0.39 is 0 Å². The van der Waals surface area contributed by atoms with E-state index in [4.69, 9.17) is 4.74 Å². The van der Waals surface area contributed by atoms with Gasteiger partial charge in [0.1, 0.15) is 5.75 Å². The van der Waals surface area contributed by atoms with Crippen LogP contribution in [0.1, 0.15) is 46.0 Å². The predicted molar refractivity (Wildman–Crippen MR) is 87.9 cm³/mol. The van der Waals surface area contributed by atoms with Crippen molar-refractivity contribution in [3.8, 4) is 5.75 Å². The normalized spacial score (nSPS) is 17.7. The highest BCUT2D eigenvalue weighted by atomic mass is 16.5. The minimum atomic E-state index is 0.0625. The molecule has 2 rings (SSSR count). The molecule has 0 heterocycles. The molecule has 0 radical (unpaired) electrons. The Morgan fingerprint density at radius 1 is 1.24 bits per heavy atom. The first-order valence-electron chi connectivity index (χ1n) is 8.21. The molecular weight excluding hydrogens is 262 g/mol. The summed E-state index contributed by atoms with van der Waals surface area (Å²) in [5.74, 6) is 1.44. The Bertz CT molecular complexity index is 425. The van der Waals surface area contributed by atoms with E-state index >= 15 is 0 Å². The monoisotopic (exact) mass is 291 g/mol. The van der Waals surface area contributed by atoms with Gasteiger partial charge in [-0.15, -0.1) is 0 Å². The van der Waals surface area contributed by atoms with Gasteiger partial charge in [0.05, 0.1) is 13.2 Å². The quantitative estimate of drug-likeness (QED) is 0.795. The van der Waals surface area contributed by atoms with E-state index in [0.29, 0.717) is 5.92 Å². The number of hydrogen-bond acceptors (Lipinski definition) is 3. The van der Waals surface area contributed by atoms with Crippen molar-refractivity contribution in [2.75, 3.05) is 25.1 Å². The van der Waals surface area contributed by atoms with Gasteiger partial charge in [-0.25, -0.2) is 0 Å². The lowest BCUT2D eigenvalue weighted by molar-refractivity contribution is 0.0944. The van der Waals surface area contributed by atoms with Crippen LogP contribution in [-0.4, -0.2) is 24.9 Å². The lowest BCUT2D eigenvalue weighted by Gasteiger charge is -2.36. The molecule has 1 fully saturated rings. The molecule has 21 heavy (non-hydrogen) atoms. The van der Waals surface area contributed by atoms with Gasteiger partial charge in [0.15, 0.2) is 0 Å². The van der Waals surface area contributed by atoms with E-state index in [9.17, 15) is 5.11 Å². The van der Waals surface area contributed by atoms with Gasteiger partial charge in [-0.1, -0.05) is 39.2 Å². The van der Waals surface area contributed by atoms with Crippen LogP contribution in [0.15, 0.2) is 24.3 Å². The molecular formula is C18H29NO2. The second-order valence-electron chi connectivity index (χ2n) is 6.81. The maximum Gasteiger partial charge on any atom is 0.121 e. The van der Waals surface area contributed by atoms with Crippen LogP contribution < -0.4 is 10.1 Å². The number of anilines is 1. The van der Waals surface area contributed by atoms with Crippen molar-refractivity contribution < 1.29 is 9.84 Å². The molecule has 2 N–H and O–H groups in total. The van der Waals surface area contributed by atoms with Crippen LogP contribution in [0.2, 0.25) is 0 Å². The first kappa shape index (κ1) is 16.2. The van der Waals surface area contributed by atoms with Gasteiger partial charge in [-0.05, 0) is 30.9 Å². The fourth-order valence-corrected chi connectivity index (χ4v) is 2.94. The molecule has 1 aromatic carbocycles. The summed E-state index contributed by atoms with van der Waals surface area (Å²) < 4.78 is 5.76. The SMILES string of the molecule is CC(C)COc1cccc(NCC2(CO)CCCCC2)c1. The molecule has 118 valence electrons. The molecule has 0 spiro atoms. The number of hydrogen-bond donors (Lipinski definition) is 2. The number of benzene rings is 1. The zero-order valence-corrected chi connectivity index (χ0v) is 13.4. The van der Waals surface area contributed by atoms with Gasteiger partial charge in [-0.3, -0.25) is 0 Å². The van der Waals surface area contributed by atoms with Crippen LogP contribution in [0.3, 0.4) is 0 Å². The smallest absolute Gasteiger partial charge is 0.121 e. The van der Waals surface area contributed by atoms with Crippen LogP contribution in [0.4, 0.5) is 5.69 Å². The van der Waals surface area contributed by atoms with E-state index in [-0.39, 0.29) is 12.0 Å². The largest absolute Gasteiger partial charge is 0.493 e. The second-order valence-corrected chi connectivity index (χ2v) is 6.81. The van der Waals surface area contributed by atoms with E-state index in [1.54, 1.807) is 0 Å². The molecule has 0 bridgehead atoms. The molecule has 1 saturated carbocycles. The van der Waals surface area contributed by atoms with E-state index in [1.807, 2.05) is 12.1 Å². The third-order valence-electron chi connectivity index (χ3n) is 4.33. The van der Waals surface area contributed by atoms with Gasteiger partial charge >= 0.3 is 0 Å². The van der Waals surface area contributed by atoms with Crippen LogP contribution in [0.25, 0.3) is 0 Å². The van der Waals surface area contributed by atoms with Crippen molar-refractivity contribution in [2.24, 2.45) is 11.3 Å². The summed E-state index contributed by atoms with van der Waals surface area (Å²) in [7, 11) is 0. The Hall–Kier alpha value is -1.22. The zero-order valence-electron chi connectivity index (χ0n) is 13.4. The third-order valence-corrected chi connectivity index (χ3v) is 4.33. The highest BCUT2D eigenvalue weighted by Crippen LogP contribution is 2.36. The topological polar surface area (TPSA) is 41.5 Å². The summed E-state index contributed by atoms with van der Waals surface area (Å²) in [4.78, 5) is 0. The number of ether oxygens (including phenoxy) is 1. The van der Waals surface area contributed by atoms with E-state index in [0.717, 1.165) is 37.4 Å². The number of rotatable bonds is 7. The molecule has 0 saturated heterocycles. The summed E-state index contributed by atoms with van der Waals surface area (Å²) in [6.45, 7) is 6.16. The molecule has 3 nitrogen and oxygen atoms in total. The highest BCUT2D eigenvalue weighted by Gasteiger charge is 2.31. The maximum absolute atomic E-state index is 9.75. The highest BCUT2D eigenvalue weighted by molar-refractivity contribution is 5.48. The minimum absolute atomic E-state index is 0.0625. The Morgan fingerprint density at radius 2 is 2.00 bits per heavy atom. The lowest BCUT2D eigenvalue weighted by atomic mass is 9.74. The Labute approximate surface area is 128 Å². The standard InChI is InChI=1S/C18H29NO2/c1-15(2)12-21-17-8-6-7-16(11-17)19-13-18(14-20)9-4-3-5-10-18/h6-8,11,15,19-20H,3-5,9-10,12-14H2,1-2H3. The average molecular weight is 291 g/mol. The number of aliphatic hydroxyl groups is 1. The molecule has 0 aliphatic heterocycles. The van der Waals surface area contributed by atoms with Crippen molar-refractivity contribution in [1.29, 1.82) is 0 Å². The van der Waals surface area contributed by atoms with Crippen molar-refractivity contribution in [3.63, 3.8) is 0 Å². The zero-order chi connectivity index (χ0) is 15.1. The Morgan fingerprint density at radius 3 is 2.67 bits per heavy atom. The van der Waals surface area contributed by atoms with Gasteiger partial charge < -0.3 is 15.2 Å². The van der Waals surface area contributed by atoms with Gasteiger partial charge in [-0.2, -0.15) is 0 Å². The van der Waals surface area contributed by atoms with Gasteiger partial charge in [0.25, 0.3) is 0 Å². The molecule has 0 amide bonds. The minimum Gasteiger partial charge on any atom is -0.493 e. The summed E-state index contributed by atoms with van der Waals surface area (Å²) in [6.07, 6.45) is 6.03. The van der Waals surface area contributed by atoms with Crippen molar-refractivity contribution >= 4 is 5.69 Å². The maximum atomic E-state index is 9.75. The van der Waals surface area contributed by atoms with Crippen LogP contribution in [0.5, 0.6) is 5.75 Å². The number of aliphatic hydroxyl groups excluding tert-OH is 1. The summed E-state index contributed by atoms with van der Waals surface area (Å²) in [5, 5.41) is 13.2. The molecule has 3 heteroatoms. The fourth-order valence-electron chi connectivity index (χ4n) is 2.94. The molecule has 0 atom stereocenters. The van der Waals surface area contributed by atoms with Gasteiger partial charge in [0, 0.05) is 23.7 Å².